The zero-order valence-electron chi connectivity index (χ0n) is 7.29. The Balaban J connectivity index is 0.000001000. The van der Waals surface area contributed by atoms with Crippen LogP contribution in [0.1, 0.15) is 6.92 Å². The van der Waals surface area contributed by atoms with E-state index in [4.69, 9.17) is 4.74 Å². The van der Waals surface area contributed by atoms with Crippen molar-refractivity contribution < 1.29 is 4.74 Å². The molecule has 0 saturated heterocycles. The van der Waals surface area contributed by atoms with Gasteiger partial charge < -0.3 is 9.30 Å². The first-order valence-corrected chi connectivity index (χ1v) is 3.62. The van der Waals surface area contributed by atoms with Crippen molar-refractivity contribution in [2.45, 2.75) is 13.5 Å². The normalized spacial score (nSPS) is 9.18. The van der Waals surface area contributed by atoms with Gasteiger partial charge >= 0.3 is 0 Å². The molecular formula is C8H13NNaO. The minimum Gasteiger partial charge on any atom is -0.380 e. The van der Waals surface area contributed by atoms with E-state index in [1.54, 1.807) is 0 Å². The van der Waals surface area contributed by atoms with Gasteiger partial charge in [0.2, 0.25) is 0 Å². The summed E-state index contributed by atoms with van der Waals surface area (Å²) in [7, 11) is 0. The zero-order chi connectivity index (χ0) is 7.23. The number of nitrogens with zero attached hydrogens (tertiary/aromatic N) is 1. The maximum Gasteiger partial charge on any atom is 0.0645 e. The second-order valence-corrected chi connectivity index (χ2v) is 2.12. The molecule has 0 aliphatic carbocycles. The van der Waals surface area contributed by atoms with Gasteiger partial charge in [0.1, 0.15) is 0 Å². The van der Waals surface area contributed by atoms with Crippen LogP contribution in [0, 0.1) is 0 Å². The number of ether oxygens (including phenoxy) is 1. The molecule has 0 saturated carbocycles. The van der Waals surface area contributed by atoms with Crippen molar-refractivity contribution in [1.29, 1.82) is 0 Å². The maximum atomic E-state index is 5.19. The van der Waals surface area contributed by atoms with Crippen molar-refractivity contribution in [1.82, 2.24) is 4.57 Å². The molecule has 0 spiro atoms. The summed E-state index contributed by atoms with van der Waals surface area (Å²) in [5.41, 5.74) is 0. The molecule has 2 nitrogen and oxygen atoms in total. The van der Waals surface area contributed by atoms with E-state index < -0.39 is 0 Å². The molecule has 0 aliphatic heterocycles. The average molecular weight is 162 g/mol. The first-order chi connectivity index (χ1) is 4.93. The van der Waals surface area contributed by atoms with Crippen LogP contribution < -0.4 is 0 Å². The van der Waals surface area contributed by atoms with Gasteiger partial charge in [0.25, 0.3) is 0 Å². The van der Waals surface area contributed by atoms with E-state index in [1.165, 1.54) is 0 Å². The molecule has 0 aliphatic rings. The van der Waals surface area contributed by atoms with Gasteiger partial charge in [0.15, 0.2) is 0 Å². The third-order valence-corrected chi connectivity index (χ3v) is 1.36. The molecule has 1 heterocycles. The summed E-state index contributed by atoms with van der Waals surface area (Å²) in [6.45, 7) is 4.59. The number of rotatable bonds is 4. The SMILES string of the molecule is CCOCCn1cccc1.[Na]. The molecule has 3 heteroatoms. The van der Waals surface area contributed by atoms with Crippen molar-refractivity contribution in [3.05, 3.63) is 24.5 Å². The number of hydrogen-bond acceptors (Lipinski definition) is 1. The van der Waals surface area contributed by atoms with Crippen LogP contribution in [0.2, 0.25) is 0 Å². The summed E-state index contributed by atoms with van der Waals surface area (Å²) in [6, 6.07) is 4.04. The molecule has 0 unspecified atom stereocenters. The van der Waals surface area contributed by atoms with Crippen molar-refractivity contribution in [2.24, 2.45) is 0 Å². The molecule has 1 rings (SSSR count). The van der Waals surface area contributed by atoms with Crippen molar-refractivity contribution in [3.63, 3.8) is 0 Å². The van der Waals surface area contributed by atoms with Crippen LogP contribution in [0.5, 0.6) is 0 Å². The Labute approximate surface area is 89.8 Å². The Hall–Kier alpha value is 0.240. The first-order valence-electron chi connectivity index (χ1n) is 3.62. The van der Waals surface area contributed by atoms with Crippen LogP contribution in [0.3, 0.4) is 0 Å². The van der Waals surface area contributed by atoms with Gasteiger partial charge in [-0.3, -0.25) is 0 Å². The molecule has 0 aromatic carbocycles. The molecule has 11 heavy (non-hydrogen) atoms. The Morgan fingerprint density at radius 2 is 1.91 bits per heavy atom. The number of hydrogen-bond donors (Lipinski definition) is 0. The summed E-state index contributed by atoms with van der Waals surface area (Å²) < 4.78 is 7.29. The number of aromatic nitrogens is 1. The molecule has 0 atom stereocenters. The fraction of sp³-hybridized carbons (Fsp3) is 0.500. The van der Waals surface area contributed by atoms with E-state index >= 15 is 0 Å². The van der Waals surface area contributed by atoms with Gasteiger partial charge in [-0.1, -0.05) is 0 Å². The van der Waals surface area contributed by atoms with Crippen LogP contribution in [-0.2, 0) is 11.3 Å². The molecule has 0 fully saturated rings. The standard InChI is InChI=1S/C8H13NO.Na/c1-2-10-8-7-9-5-3-4-6-9;/h3-6H,2,7-8H2,1H3;. The Kier molecular flexibility index (Phi) is 7.07. The predicted molar refractivity (Wildman–Crippen MR) is 46.7 cm³/mol. The Morgan fingerprint density at radius 1 is 1.27 bits per heavy atom. The van der Waals surface area contributed by atoms with Crippen LogP contribution in [-0.4, -0.2) is 47.3 Å². The van der Waals surface area contributed by atoms with E-state index in [1.807, 2.05) is 31.5 Å². The molecule has 1 aromatic heterocycles. The maximum absolute atomic E-state index is 5.19. The summed E-state index contributed by atoms with van der Waals surface area (Å²) in [5, 5.41) is 0. The van der Waals surface area contributed by atoms with Gasteiger partial charge in [-0.15, -0.1) is 0 Å². The quantitative estimate of drug-likeness (QED) is 0.478. The van der Waals surface area contributed by atoms with Crippen molar-refractivity contribution >= 4 is 29.6 Å². The second-order valence-electron chi connectivity index (χ2n) is 2.12. The van der Waals surface area contributed by atoms with E-state index in [-0.39, 0.29) is 29.6 Å². The van der Waals surface area contributed by atoms with Gasteiger partial charge in [0, 0.05) is 55.1 Å². The largest absolute Gasteiger partial charge is 0.380 e. The molecule has 0 amide bonds. The minimum atomic E-state index is 0. The smallest absolute Gasteiger partial charge is 0.0645 e. The molecule has 0 N–H and O–H groups in total. The van der Waals surface area contributed by atoms with E-state index in [0.717, 1.165) is 19.8 Å². The third-order valence-electron chi connectivity index (χ3n) is 1.36. The minimum absolute atomic E-state index is 0. The molecule has 0 bridgehead atoms. The van der Waals surface area contributed by atoms with Gasteiger partial charge in [-0.05, 0) is 19.1 Å². The van der Waals surface area contributed by atoms with Crippen molar-refractivity contribution in [3.8, 4) is 0 Å². The Bertz CT molecular complexity index is 163. The topological polar surface area (TPSA) is 14.2 Å². The fourth-order valence-corrected chi connectivity index (χ4v) is 0.834. The summed E-state index contributed by atoms with van der Waals surface area (Å²) in [6.07, 6.45) is 4.08. The third kappa shape index (κ3) is 4.64. The monoisotopic (exact) mass is 162 g/mol. The predicted octanol–water partition coefficient (Wildman–Crippen LogP) is 1.14. The second kappa shape index (κ2) is 6.92. The van der Waals surface area contributed by atoms with Gasteiger partial charge in [-0.2, -0.15) is 0 Å². The summed E-state index contributed by atoms with van der Waals surface area (Å²) in [5.74, 6) is 0. The zero-order valence-corrected chi connectivity index (χ0v) is 9.29. The molecule has 1 aromatic rings. The van der Waals surface area contributed by atoms with Gasteiger partial charge in [-0.25, -0.2) is 0 Å². The summed E-state index contributed by atoms with van der Waals surface area (Å²) >= 11 is 0. The van der Waals surface area contributed by atoms with Crippen LogP contribution >= 0.6 is 0 Å². The van der Waals surface area contributed by atoms with E-state index in [9.17, 15) is 0 Å². The van der Waals surface area contributed by atoms with Crippen LogP contribution in [0.4, 0.5) is 0 Å². The fourth-order valence-electron chi connectivity index (χ4n) is 0.834. The first kappa shape index (κ1) is 11.2. The molecular weight excluding hydrogens is 149 g/mol. The van der Waals surface area contributed by atoms with Crippen LogP contribution in [0.25, 0.3) is 0 Å². The van der Waals surface area contributed by atoms with E-state index in [0.29, 0.717) is 0 Å². The van der Waals surface area contributed by atoms with Gasteiger partial charge in [0.05, 0.1) is 6.61 Å². The molecule has 57 valence electrons. The van der Waals surface area contributed by atoms with E-state index in [2.05, 4.69) is 4.57 Å². The van der Waals surface area contributed by atoms with Crippen LogP contribution in [0.15, 0.2) is 24.5 Å². The molecule has 1 radical (unpaired) electrons. The van der Waals surface area contributed by atoms with Crippen molar-refractivity contribution in [2.75, 3.05) is 13.2 Å². The summed E-state index contributed by atoms with van der Waals surface area (Å²) in [4.78, 5) is 0. The Morgan fingerprint density at radius 3 is 2.45 bits per heavy atom. The average Bonchev–Trinajstić information content (AvgIpc) is 2.41.